The summed E-state index contributed by atoms with van der Waals surface area (Å²) in [7, 11) is 0. The highest BCUT2D eigenvalue weighted by Gasteiger charge is 2.14. The van der Waals surface area contributed by atoms with Crippen molar-refractivity contribution in [2.75, 3.05) is 11.4 Å². The van der Waals surface area contributed by atoms with Gasteiger partial charge in [-0.15, -0.1) is 0 Å². The van der Waals surface area contributed by atoms with Crippen LogP contribution in [0.2, 0.25) is 0 Å². The fraction of sp³-hybridized carbons (Fsp3) is 0.200. The molecular weight excluding hydrogens is 255 g/mol. The minimum Gasteiger partial charge on any atom is -0.384 e. The monoisotopic (exact) mass is 272 g/mol. The summed E-state index contributed by atoms with van der Waals surface area (Å²) in [6, 6.07) is 9.99. The molecule has 2 rings (SSSR count). The minimum absolute atomic E-state index is 0.0265. The van der Waals surface area contributed by atoms with Gasteiger partial charge in [0.2, 0.25) is 0 Å². The smallest absolute Gasteiger partial charge is 0.146 e. The third kappa shape index (κ3) is 2.77. The lowest BCUT2D eigenvalue weighted by Gasteiger charge is -2.23. The first-order valence-electron chi connectivity index (χ1n) is 6.38. The van der Waals surface area contributed by atoms with E-state index in [1.807, 2.05) is 13.8 Å². The van der Waals surface area contributed by atoms with Crippen molar-refractivity contribution in [2.45, 2.75) is 13.8 Å². The first-order valence-corrected chi connectivity index (χ1v) is 6.38. The van der Waals surface area contributed by atoms with Crippen molar-refractivity contribution in [3.8, 4) is 0 Å². The highest BCUT2D eigenvalue weighted by atomic mass is 19.1. The molecule has 0 aliphatic carbocycles. The fourth-order valence-corrected chi connectivity index (χ4v) is 2.07. The molecule has 104 valence electrons. The Morgan fingerprint density at radius 2 is 2.05 bits per heavy atom. The number of aryl methyl sites for hydroxylation is 1. The van der Waals surface area contributed by atoms with Gasteiger partial charge in [-0.3, -0.25) is 5.41 Å². The number of amidine groups is 1. The van der Waals surface area contributed by atoms with Gasteiger partial charge in [0.25, 0.3) is 0 Å². The molecule has 0 unspecified atom stereocenters. The molecule has 1 aromatic carbocycles. The van der Waals surface area contributed by atoms with Crippen molar-refractivity contribution in [1.82, 2.24) is 4.98 Å². The molecule has 0 fully saturated rings. The van der Waals surface area contributed by atoms with Gasteiger partial charge < -0.3 is 10.6 Å². The first-order chi connectivity index (χ1) is 9.52. The van der Waals surface area contributed by atoms with Crippen LogP contribution in [0.3, 0.4) is 0 Å². The van der Waals surface area contributed by atoms with Gasteiger partial charge in [-0.2, -0.15) is 0 Å². The zero-order valence-corrected chi connectivity index (χ0v) is 11.5. The maximum atomic E-state index is 13.9. The number of nitrogens with zero attached hydrogens (tertiary/aromatic N) is 2. The van der Waals surface area contributed by atoms with Gasteiger partial charge in [0.05, 0.1) is 5.69 Å². The van der Waals surface area contributed by atoms with E-state index in [1.54, 1.807) is 35.2 Å². The summed E-state index contributed by atoms with van der Waals surface area (Å²) in [5.41, 5.74) is 7.31. The number of aromatic nitrogens is 1. The van der Waals surface area contributed by atoms with Gasteiger partial charge in [-0.05, 0) is 38.1 Å². The van der Waals surface area contributed by atoms with E-state index in [2.05, 4.69) is 4.98 Å². The van der Waals surface area contributed by atoms with E-state index in [9.17, 15) is 4.39 Å². The van der Waals surface area contributed by atoms with E-state index >= 15 is 0 Å². The van der Waals surface area contributed by atoms with Crippen molar-refractivity contribution in [3.05, 3.63) is 53.5 Å². The fourth-order valence-electron chi connectivity index (χ4n) is 2.07. The molecule has 0 amide bonds. The molecular formula is C15H17FN4. The van der Waals surface area contributed by atoms with Crippen LogP contribution < -0.4 is 10.6 Å². The lowest BCUT2D eigenvalue weighted by molar-refractivity contribution is 0.625. The third-order valence-corrected chi connectivity index (χ3v) is 2.99. The van der Waals surface area contributed by atoms with Crippen molar-refractivity contribution >= 4 is 17.3 Å². The highest BCUT2D eigenvalue weighted by Crippen LogP contribution is 2.26. The second kappa shape index (κ2) is 5.69. The van der Waals surface area contributed by atoms with Gasteiger partial charge >= 0.3 is 0 Å². The Hall–Kier alpha value is -2.43. The molecule has 0 atom stereocenters. The summed E-state index contributed by atoms with van der Waals surface area (Å²) in [5, 5.41) is 7.53. The molecule has 5 heteroatoms. The molecule has 1 aromatic heterocycles. The summed E-state index contributed by atoms with van der Waals surface area (Å²) in [4.78, 5) is 6.17. The molecule has 0 saturated carbocycles. The molecule has 4 nitrogen and oxygen atoms in total. The maximum absolute atomic E-state index is 13.9. The van der Waals surface area contributed by atoms with Crippen LogP contribution in [0.4, 0.5) is 15.9 Å². The quantitative estimate of drug-likeness (QED) is 0.664. The zero-order chi connectivity index (χ0) is 14.7. The topological polar surface area (TPSA) is 66.0 Å². The summed E-state index contributed by atoms with van der Waals surface area (Å²) in [5.74, 6) is 0.256. The summed E-state index contributed by atoms with van der Waals surface area (Å²) < 4.78 is 13.9. The Morgan fingerprint density at radius 1 is 1.35 bits per heavy atom. The summed E-state index contributed by atoms with van der Waals surface area (Å²) in [6.07, 6.45) is 0. The standard InChI is InChI=1S/C15H17FN4/c1-3-20(13-7-5-4-6-12(13)16)14-9-11(15(17)18)8-10(2)19-14/h4-9H,3H2,1-2H3,(H3,17,18). The number of nitrogen functional groups attached to an aromatic ring is 1. The van der Waals surface area contributed by atoms with Crippen LogP contribution in [0.1, 0.15) is 18.2 Å². The molecule has 0 spiro atoms. The van der Waals surface area contributed by atoms with Crippen LogP contribution in [0.5, 0.6) is 0 Å². The van der Waals surface area contributed by atoms with E-state index in [0.29, 0.717) is 23.6 Å². The predicted molar refractivity (Wildman–Crippen MR) is 79.1 cm³/mol. The molecule has 0 radical (unpaired) electrons. The van der Waals surface area contributed by atoms with Crippen LogP contribution >= 0.6 is 0 Å². The van der Waals surface area contributed by atoms with Gasteiger partial charge in [0.15, 0.2) is 0 Å². The average molecular weight is 272 g/mol. The molecule has 0 saturated heterocycles. The maximum Gasteiger partial charge on any atom is 0.146 e. The normalized spacial score (nSPS) is 10.3. The second-order valence-electron chi connectivity index (χ2n) is 4.46. The van der Waals surface area contributed by atoms with Crippen LogP contribution in [-0.2, 0) is 0 Å². The molecule has 3 N–H and O–H groups in total. The number of nitrogens with two attached hydrogens (primary N) is 1. The van der Waals surface area contributed by atoms with Crippen molar-refractivity contribution in [2.24, 2.45) is 5.73 Å². The molecule has 0 bridgehead atoms. The van der Waals surface area contributed by atoms with Crippen LogP contribution in [0, 0.1) is 18.2 Å². The van der Waals surface area contributed by atoms with Gasteiger partial charge in [-0.1, -0.05) is 12.1 Å². The predicted octanol–water partition coefficient (Wildman–Crippen LogP) is 2.97. The Balaban J connectivity index is 2.52. The van der Waals surface area contributed by atoms with Crippen molar-refractivity contribution < 1.29 is 4.39 Å². The first kappa shape index (κ1) is 14.0. The van der Waals surface area contributed by atoms with Crippen molar-refractivity contribution in [3.63, 3.8) is 0 Å². The number of hydrogen-bond acceptors (Lipinski definition) is 3. The average Bonchev–Trinajstić information content (AvgIpc) is 2.41. The molecule has 2 aromatic rings. The van der Waals surface area contributed by atoms with E-state index in [1.165, 1.54) is 6.07 Å². The Morgan fingerprint density at radius 3 is 2.65 bits per heavy atom. The number of nitrogens with one attached hydrogen (secondary N) is 1. The number of hydrogen-bond donors (Lipinski definition) is 2. The SMILES string of the molecule is CCN(c1cc(C(=N)N)cc(C)n1)c1ccccc1F. The lowest BCUT2D eigenvalue weighted by atomic mass is 10.2. The van der Waals surface area contributed by atoms with Crippen LogP contribution in [0.15, 0.2) is 36.4 Å². The molecule has 1 heterocycles. The minimum atomic E-state index is -0.304. The number of anilines is 2. The van der Waals surface area contributed by atoms with Gasteiger partial charge in [-0.25, -0.2) is 9.37 Å². The zero-order valence-electron chi connectivity index (χ0n) is 11.5. The Labute approximate surface area is 117 Å². The van der Waals surface area contributed by atoms with Gasteiger partial charge in [0.1, 0.15) is 17.5 Å². The number of benzene rings is 1. The number of pyridine rings is 1. The Kier molecular flexibility index (Phi) is 3.98. The van der Waals surface area contributed by atoms with Crippen LogP contribution in [0.25, 0.3) is 0 Å². The van der Waals surface area contributed by atoms with Crippen molar-refractivity contribution in [1.29, 1.82) is 5.41 Å². The number of rotatable bonds is 4. The third-order valence-electron chi connectivity index (χ3n) is 2.99. The van der Waals surface area contributed by atoms with Gasteiger partial charge in [0, 0.05) is 17.8 Å². The van der Waals surface area contributed by atoms with Crippen LogP contribution in [-0.4, -0.2) is 17.4 Å². The van der Waals surface area contributed by atoms with E-state index in [4.69, 9.17) is 11.1 Å². The Bertz CT molecular complexity index is 640. The number of halogens is 1. The summed E-state index contributed by atoms with van der Waals surface area (Å²) in [6.45, 7) is 4.31. The molecule has 0 aliphatic heterocycles. The van der Waals surface area contributed by atoms with E-state index < -0.39 is 0 Å². The van der Waals surface area contributed by atoms with E-state index in [-0.39, 0.29) is 11.7 Å². The molecule has 20 heavy (non-hydrogen) atoms. The van der Waals surface area contributed by atoms with E-state index in [0.717, 1.165) is 5.69 Å². The highest BCUT2D eigenvalue weighted by molar-refractivity contribution is 5.95. The summed E-state index contributed by atoms with van der Waals surface area (Å²) >= 11 is 0. The lowest BCUT2D eigenvalue weighted by Crippen LogP contribution is -2.20. The largest absolute Gasteiger partial charge is 0.384 e. The second-order valence-corrected chi connectivity index (χ2v) is 4.46. The number of para-hydroxylation sites is 1. The molecule has 0 aliphatic rings.